The molecular weight excluding hydrogens is 268 g/mol. The lowest BCUT2D eigenvalue weighted by atomic mass is 10.0. The van der Waals surface area contributed by atoms with Crippen molar-refractivity contribution in [3.05, 3.63) is 29.8 Å². The van der Waals surface area contributed by atoms with Crippen molar-refractivity contribution in [2.24, 2.45) is 0 Å². The van der Waals surface area contributed by atoms with Crippen molar-refractivity contribution in [1.82, 2.24) is 0 Å². The Hall–Kier alpha value is -1.55. The van der Waals surface area contributed by atoms with Crippen molar-refractivity contribution >= 4 is 5.97 Å². The van der Waals surface area contributed by atoms with E-state index in [2.05, 4.69) is 0 Å². The molecule has 116 valence electrons. The molecule has 2 rings (SSSR count). The third-order valence-electron chi connectivity index (χ3n) is 4.08. The van der Waals surface area contributed by atoms with Gasteiger partial charge >= 0.3 is 5.97 Å². The van der Waals surface area contributed by atoms with E-state index in [1.54, 1.807) is 0 Å². The molecule has 1 fully saturated rings. The number of methoxy groups -OCH3 is 1. The van der Waals surface area contributed by atoms with Crippen LogP contribution in [0.4, 0.5) is 0 Å². The van der Waals surface area contributed by atoms with Crippen LogP contribution in [-0.4, -0.2) is 30.4 Å². The topological polar surface area (TPSA) is 55.8 Å². The molecule has 0 spiro atoms. The first-order valence-corrected chi connectivity index (χ1v) is 7.67. The molecule has 1 aromatic rings. The number of ether oxygens (including phenoxy) is 2. The van der Waals surface area contributed by atoms with Gasteiger partial charge in [0.2, 0.25) is 5.60 Å². The number of unbranched alkanes of at least 4 members (excludes halogenated alkanes) is 1. The fourth-order valence-corrected chi connectivity index (χ4v) is 2.87. The highest BCUT2D eigenvalue weighted by molar-refractivity contribution is 5.80. The number of aryl methyl sites for hydroxylation is 1. The van der Waals surface area contributed by atoms with E-state index in [-0.39, 0.29) is 12.6 Å². The average molecular weight is 292 g/mol. The zero-order valence-corrected chi connectivity index (χ0v) is 12.6. The average Bonchev–Trinajstić information content (AvgIpc) is 2.98. The van der Waals surface area contributed by atoms with Gasteiger partial charge in [0.1, 0.15) is 5.75 Å². The van der Waals surface area contributed by atoms with Crippen LogP contribution in [0.15, 0.2) is 24.3 Å². The van der Waals surface area contributed by atoms with Gasteiger partial charge in [0.05, 0.1) is 7.11 Å². The first-order valence-electron chi connectivity index (χ1n) is 7.67. The van der Waals surface area contributed by atoms with Crippen LogP contribution in [0.1, 0.15) is 44.1 Å². The molecule has 0 bridgehead atoms. The molecular formula is C17H24O4. The number of carbonyl (C=O) groups is 1. The molecule has 1 aromatic carbocycles. The summed E-state index contributed by atoms with van der Waals surface area (Å²) in [5, 5.41) is 8.79. The van der Waals surface area contributed by atoms with Crippen molar-refractivity contribution in [3.8, 4) is 5.75 Å². The van der Waals surface area contributed by atoms with Gasteiger partial charge in [-0.25, -0.2) is 4.79 Å². The summed E-state index contributed by atoms with van der Waals surface area (Å²) in [4.78, 5) is 12.0. The van der Waals surface area contributed by atoms with E-state index in [4.69, 9.17) is 14.6 Å². The minimum atomic E-state index is -0.798. The van der Waals surface area contributed by atoms with Crippen LogP contribution in [-0.2, 0) is 16.0 Å². The Labute approximate surface area is 126 Å². The zero-order valence-electron chi connectivity index (χ0n) is 12.6. The first kappa shape index (κ1) is 15.8. The second-order valence-electron chi connectivity index (χ2n) is 5.62. The zero-order chi connectivity index (χ0) is 15.1. The number of carbonyl (C=O) groups excluding carboxylic acids is 1. The summed E-state index contributed by atoms with van der Waals surface area (Å²) in [5.74, 6) is 0.445. The highest BCUT2D eigenvalue weighted by Crippen LogP contribution is 2.35. The molecule has 0 atom stereocenters. The lowest BCUT2D eigenvalue weighted by Gasteiger charge is -2.27. The molecule has 1 N–H and O–H groups in total. The van der Waals surface area contributed by atoms with Crippen LogP contribution >= 0.6 is 0 Å². The highest BCUT2D eigenvalue weighted by atomic mass is 16.6. The minimum absolute atomic E-state index is 0.239. The van der Waals surface area contributed by atoms with E-state index in [0.717, 1.165) is 44.9 Å². The maximum Gasteiger partial charge on any atom is 0.350 e. The van der Waals surface area contributed by atoms with Crippen molar-refractivity contribution in [3.63, 3.8) is 0 Å². The minimum Gasteiger partial charge on any atom is -0.476 e. The third-order valence-corrected chi connectivity index (χ3v) is 4.08. The van der Waals surface area contributed by atoms with Gasteiger partial charge in [0.15, 0.2) is 0 Å². The van der Waals surface area contributed by atoms with Crippen molar-refractivity contribution in [2.45, 2.75) is 50.5 Å². The third kappa shape index (κ3) is 3.97. The second-order valence-corrected chi connectivity index (χ2v) is 5.62. The van der Waals surface area contributed by atoms with Gasteiger partial charge in [-0.05, 0) is 62.6 Å². The smallest absolute Gasteiger partial charge is 0.350 e. The predicted molar refractivity (Wildman–Crippen MR) is 80.3 cm³/mol. The Morgan fingerprint density at radius 1 is 1.19 bits per heavy atom. The van der Waals surface area contributed by atoms with Crippen LogP contribution < -0.4 is 4.74 Å². The van der Waals surface area contributed by atoms with Crippen LogP contribution in [0.5, 0.6) is 5.75 Å². The molecule has 0 radical (unpaired) electrons. The summed E-state index contributed by atoms with van der Waals surface area (Å²) in [6.07, 6.45) is 6.17. The van der Waals surface area contributed by atoms with E-state index < -0.39 is 5.60 Å². The molecule has 0 aliphatic heterocycles. The van der Waals surface area contributed by atoms with Crippen molar-refractivity contribution in [2.75, 3.05) is 13.7 Å². The van der Waals surface area contributed by atoms with Crippen molar-refractivity contribution in [1.29, 1.82) is 0 Å². The molecule has 4 nitrogen and oxygen atoms in total. The molecule has 1 saturated carbocycles. The molecule has 21 heavy (non-hydrogen) atoms. The van der Waals surface area contributed by atoms with Crippen LogP contribution in [0.2, 0.25) is 0 Å². The van der Waals surface area contributed by atoms with Crippen LogP contribution in [0.3, 0.4) is 0 Å². The lowest BCUT2D eigenvalue weighted by molar-refractivity contribution is -0.158. The number of esters is 1. The van der Waals surface area contributed by atoms with Crippen LogP contribution in [0, 0.1) is 0 Å². The van der Waals surface area contributed by atoms with E-state index in [0.29, 0.717) is 5.75 Å². The summed E-state index contributed by atoms with van der Waals surface area (Å²) in [5.41, 5.74) is 0.419. The summed E-state index contributed by atoms with van der Waals surface area (Å²) < 4.78 is 10.9. The van der Waals surface area contributed by atoms with Gasteiger partial charge in [-0.2, -0.15) is 0 Å². The fraction of sp³-hybridized carbons (Fsp3) is 0.588. The monoisotopic (exact) mass is 292 g/mol. The molecule has 4 heteroatoms. The van der Waals surface area contributed by atoms with E-state index in [1.807, 2.05) is 24.3 Å². The number of aliphatic hydroxyl groups is 1. The normalized spacial score (nSPS) is 16.7. The highest BCUT2D eigenvalue weighted by Gasteiger charge is 2.44. The Morgan fingerprint density at radius 2 is 1.86 bits per heavy atom. The SMILES string of the molecule is COC(=O)C1(Oc2ccc(CCCCO)cc2)CCCC1. The van der Waals surface area contributed by atoms with Gasteiger partial charge in [0, 0.05) is 6.61 Å². The molecule has 0 amide bonds. The van der Waals surface area contributed by atoms with Gasteiger partial charge < -0.3 is 14.6 Å². The number of hydrogen-bond acceptors (Lipinski definition) is 4. The first-order chi connectivity index (χ1) is 10.2. The quantitative estimate of drug-likeness (QED) is 0.620. The molecule has 0 unspecified atom stereocenters. The van der Waals surface area contributed by atoms with E-state index in [9.17, 15) is 4.79 Å². The predicted octanol–water partition coefficient (Wildman–Crippen LogP) is 2.87. The number of rotatable bonds is 7. The summed E-state index contributed by atoms with van der Waals surface area (Å²) in [6.45, 7) is 0.239. The Bertz CT molecular complexity index is 446. The number of benzene rings is 1. The largest absolute Gasteiger partial charge is 0.476 e. The van der Waals surface area contributed by atoms with E-state index in [1.165, 1.54) is 12.7 Å². The Balaban J connectivity index is 1.99. The maximum absolute atomic E-state index is 12.0. The standard InChI is InChI=1S/C17H24O4/c1-20-16(19)17(11-3-4-12-17)21-15-9-7-14(8-10-15)6-2-5-13-18/h7-10,18H,2-6,11-13H2,1H3. The Morgan fingerprint density at radius 3 is 2.43 bits per heavy atom. The lowest BCUT2D eigenvalue weighted by Crippen LogP contribution is -2.42. The molecule has 0 heterocycles. The molecule has 0 saturated heterocycles. The Kier molecular flexibility index (Phi) is 5.62. The number of hydrogen-bond donors (Lipinski definition) is 1. The molecule has 1 aliphatic rings. The maximum atomic E-state index is 12.0. The van der Waals surface area contributed by atoms with Gasteiger partial charge in [-0.3, -0.25) is 0 Å². The van der Waals surface area contributed by atoms with Crippen molar-refractivity contribution < 1.29 is 19.4 Å². The molecule has 1 aliphatic carbocycles. The number of aliphatic hydroxyl groups excluding tert-OH is 1. The molecule has 0 aromatic heterocycles. The van der Waals surface area contributed by atoms with Gasteiger partial charge in [0.25, 0.3) is 0 Å². The van der Waals surface area contributed by atoms with Gasteiger partial charge in [-0.15, -0.1) is 0 Å². The fourth-order valence-electron chi connectivity index (χ4n) is 2.87. The van der Waals surface area contributed by atoms with Crippen LogP contribution in [0.25, 0.3) is 0 Å². The van der Waals surface area contributed by atoms with E-state index >= 15 is 0 Å². The summed E-state index contributed by atoms with van der Waals surface area (Å²) in [7, 11) is 1.41. The second kappa shape index (κ2) is 7.46. The summed E-state index contributed by atoms with van der Waals surface area (Å²) >= 11 is 0. The summed E-state index contributed by atoms with van der Waals surface area (Å²) in [6, 6.07) is 7.87. The van der Waals surface area contributed by atoms with Gasteiger partial charge in [-0.1, -0.05) is 12.1 Å².